The van der Waals surface area contributed by atoms with Gasteiger partial charge >= 0.3 is 0 Å². The highest BCUT2D eigenvalue weighted by atomic mass is 16.1. The topological polar surface area (TPSA) is 104 Å². The maximum Gasteiger partial charge on any atom is 0.254 e. The van der Waals surface area contributed by atoms with Crippen molar-refractivity contribution in [2.75, 3.05) is 24.3 Å². The zero-order valence-electron chi connectivity index (χ0n) is 16.1. The van der Waals surface area contributed by atoms with Gasteiger partial charge < -0.3 is 15.2 Å². The van der Waals surface area contributed by atoms with E-state index in [-0.39, 0.29) is 17.9 Å². The van der Waals surface area contributed by atoms with Gasteiger partial charge in [0, 0.05) is 49.7 Å². The Morgan fingerprint density at radius 3 is 2.57 bits per heavy atom. The minimum atomic E-state index is -0.236. The molecule has 0 radical (unpaired) electrons. The van der Waals surface area contributed by atoms with Gasteiger partial charge in [-0.3, -0.25) is 14.6 Å². The number of amides is 1. The van der Waals surface area contributed by atoms with Gasteiger partial charge in [-0.15, -0.1) is 0 Å². The number of aryl methyl sites for hydroxylation is 1. The van der Waals surface area contributed by atoms with E-state index in [0.29, 0.717) is 29.3 Å². The monoisotopic (exact) mass is 378 g/mol. The van der Waals surface area contributed by atoms with Crippen LogP contribution in [0.5, 0.6) is 0 Å². The van der Waals surface area contributed by atoms with Crippen molar-refractivity contribution < 1.29 is 4.79 Å². The number of rotatable bonds is 6. The van der Waals surface area contributed by atoms with Gasteiger partial charge in [-0.05, 0) is 37.6 Å². The Morgan fingerprint density at radius 2 is 1.89 bits per heavy atom. The molecule has 144 valence electrons. The van der Waals surface area contributed by atoms with Crippen LogP contribution in [0.4, 0.5) is 11.6 Å². The van der Waals surface area contributed by atoms with Crippen molar-refractivity contribution in [3.63, 3.8) is 0 Å². The Kier molecular flexibility index (Phi) is 5.78. The van der Waals surface area contributed by atoms with Crippen LogP contribution in [-0.2, 0) is 11.2 Å². The zero-order valence-corrected chi connectivity index (χ0v) is 16.1. The van der Waals surface area contributed by atoms with Crippen LogP contribution < -0.4 is 15.8 Å². The number of nitrogens with zero attached hydrogens (tertiary/aromatic N) is 4. The molecule has 2 N–H and O–H groups in total. The van der Waals surface area contributed by atoms with Gasteiger partial charge in [0.2, 0.25) is 5.91 Å². The van der Waals surface area contributed by atoms with Crippen molar-refractivity contribution in [2.45, 2.75) is 19.8 Å². The lowest BCUT2D eigenvalue weighted by atomic mass is 10.1. The summed E-state index contributed by atoms with van der Waals surface area (Å²) in [6.45, 7) is 1.77. The Balaban J connectivity index is 1.68. The van der Waals surface area contributed by atoms with Crippen LogP contribution in [-0.4, -0.2) is 39.9 Å². The molecule has 3 rings (SSSR count). The molecule has 0 aliphatic carbocycles. The molecular weight excluding hydrogens is 356 g/mol. The van der Waals surface area contributed by atoms with Gasteiger partial charge in [0.25, 0.3) is 5.56 Å². The quantitative estimate of drug-likeness (QED) is 0.681. The van der Waals surface area contributed by atoms with Gasteiger partial charge in [0.1, 0.15) is 17.5 Å². The van der Waals surface area contributed by atoms with E-state index in [1.807, 2.05) is 31.1 Å². The second-order valence-corrected chi connectivity index (χ2v) is 6.54. The van der Waals surface area contributed by atoms with Crippen LogP contribution in [0.3, 0.4) is 0 Å². The van der Waals surface area contributed by atoms with Crippen molar-refractivity contribution in [3.8, 4) is 11.4 Å². The molecule has 8 heteroatoms. The molecule has 0 unspecified atom stereocenters. The van der Waals surface area contributed by atoms with Crippen molar-refractivity contribution >= 4 is 17.5 Å². The average molecular weight is 378 g/mol. The largest absolute Gasteiger partial charge is 0.363 e. The number of carbonyl (C=O) groups is 1. The zero-order chi connectivity index (χ0) is 20.1. The lowest BCUT2D eigenvalue weighted by molar-refractivity contribution is -0.116. The third kappa shape index (κ3) is 4.59. The number of pyridine rings is 2. The number of carbonyl (C=O) groups excluding carboxylic acids is 1. The molecule has 0 saturated carbocycles. The van der Waals surface area contributed by atoms with Crippen molar-refractivity contribution in [2.24, 2.45) is 0 Å². The Bertz CT molecular complexity index is 1030. The second kappa shape index (κ2) is 8.43. The van der Waals surface area contributed by atoms with Crippen molar-refractivity contribution in [1.29, 1.82) is 0 Å². The smallest absolute Gasteiger partial charge is 0.254 e. The number of H-pyrrole nitrogens is 1. The van der Waals surface area contributed by atoms with E-state index in [9.17, 15) is 9.59 Å². The minimum Gasteiger partial charge on any atom is -0.363 e. The molecule has 3 heterocycles. The predicted molar refractivity (Wildman–Crippen MR) is 108 cm³/mol. The number of aromatic nitrogens is 4. The molecule has 0 bridgehead atoms. The van der Waals surface area contributed by atoms with E-state index < -0.39 is 0 Å². The normalized spacial score (nSPS) is 10.5. The molecule has 0 fully saturated rings. The first-order valence-electron chi connectivity index (χ1n) is 8.88. The molecule has 3 aromatic heterocycles. The van der Waals surface area contributed by atoms with Gasteiger partial charge in [-0.1, -0.05) is 6.07 Å². The highest BCUT2D eigenvalue weighted by molar-refractivity contribution is 5.90. The van der Waals surface area contributed by atoms with Gasteiger partial charge in [0.05, 0.1) is 0 Å². The van der Waals surface area contributed by atoms with E-state index in [4.69, 9.17) is 0 Å². The summed E-state index contributed by atoms with van der Waals surface area (Å²) in [7, 11) is 3.76. The maximum atomic E-state index is 12.5. The Morgan fingerprint density at radius 1 is 1.14 bits per heavy atom. The van der Waals surface area contributed by atoms with Gasteiger partial charge in [-0.2, -0.15) is 0 Å². The second-order valence-electron chi connectivity index (χ2n) is 6.54. The standard InChI is InChI=1S/C20H22N6O2/c1-13-15(20(28)25-19(22-13)14-9-11-21-12-10-14)7-8-18(27)24-16-5-4-6-17(23-16)26(2)3/h4-6,9-12H,7-8H2,1-3H3,(H,22,25,28)(H,23,24,27). The first-order valence-corrected chi connectivity index (χ1v) is 8.88. The number of hydrogen-bond acceptors (Lipinski definition) is 6. The number of nitrogens with one attached hydrogen (secondary N) is 2. The molecule has 0 aliphatic rings. The molecule has 0 saturated heterocycles. The molecule has 0 atom stereocenters. The van der Waals surface area contributed by atoms with Crippen LogP contribution in [0.25, 0.3) is 11.4 Å². The van der Waals surface area contributed by atoms with E-state index in [0.717, 1.165) is 11.4 Å². The average Bonchev–Trinajstić information content (AvgIpc) is 2.68. The highest BCUT2D eigenvalue weighted by Crippen LogP contribution is 2.14. The summed E-state index contributed by atoms with van der Waals surface area (Å²) in [4.78, 5) is 42.2. The van der Waals surface area contributed by atoms with Gasteiger partial charge in [0.15, 0.2) is 0 Å². The number of hydrogen-bond donors (Lipinski definition) is 2. The molecule has 1 amide bonds. The van der Waals surface area contributed by atoms with Crippen LogP contribution in [0.2, 0.25) is 0 Å². The van der Waals surface area contributed by atoms with E-state index >= 15 is 0 Å². The molecule has 0 spiro atoms. The fourth-order valence-electron chi connectivity index (χ4n) is 2.74. The fraction of sp³-hybridized carbons (Fsp3) is 0.250. The third-order valence-corrected chi connectivity index (χ3v) is 4.24. The lowest BCUT2D eigenvalue weighted by Gasteiger charge is -2.12. The Hall–Kier alpha value is -3.55. The molecule has 0 aromatic carbocycles. The summed E-state index contributed by atoms with van der Waals surface area (Å²) >= 11 is 0. The summed E-state index contributed by atoms with van der Waals surface area (Å²) < 4.78 is 0. The third-order valence-electron chi connectivity index (χ3n) is 4.24. The first kappa shape index (κ1) is 19.2. The summed E-state index contributed by atoms with van der Waals surface area (Å²) in [5.41, 5.74) is 1.66. The Labute approximate surface area is 162 Å². The van der Waals surface area contributed by atoms with Crippen LogP contribution in [0.1, 0.15) is 17.7 Å². The first-order chi connectivity index (χ1) is 13.4. The summed E-state index contributed by atoms with van der Waals surface area (Å²) in [6, 6.07) is 8.97. The van der Waals surface area contributed by atoms with Crippen LogP contribution in [0, 0.1) is 6.92 Å². The SMILES string of the molecule is Cc1nc(-c2ccncc2)[nH]c(=O)c1CCC(=O)Nc1cccc(N(C)C)n1. The van der Waals surface area contributed by atoms with E-state index in [1.165, 1.54) is 0 Å². The summed E-state index contributed by atoms with van der Waals surface area (Å²) in [5, 5.41) is 2.77. The minimum absolute atomic E-state index is 0.161. The summed E-state index contributed by atoms with van der Waals surface area (Å²) in [6.07, 6.45) is 3.74. The molecular formula is C20H22N6O2. The van der Waals surface area contributed by atoms with Gasteiger partial charge in [-0.25, -0.2) is 9.97 Å². The molecule has 3 aromatic rings. The van der Waals surface area contributed by atoms with Crippen molar-refractivity contribution in [3.05, 3.63) is 64.3 Å². The van der Waals surface area contributed by atoms with E-state index in [2.05, 4.69) is 25.3 Å². The molecule has 28 heavy (non-hydrogen) atoms. The van der Waals surface area contributed by atoms with E-state index in [1.54, 1.807) is 37.5 Å². The predicted octanol–water partition coefficient (Wildman–Crippen LogP) is 2.17. The van der Waals surface area contributed by atoms with Crippen LogP contribution in [0.15, 0.2) is 47.5 Å². The van der Waals surface area contributed by atoms with Crippen LogP contribution >= 0.6 is 0 Å². The number of aromatic amines is 1. The maximum absolute atomic E-state index is 12.5. The lowest BCUT2D eigenvalue weighted by Crippen LogP contribution is -2.21. The molecule has 0 aliphatic heterocycles. The number of anilines is 2. The highest BCUT2D eigenvalue weighted by Gasteiger charge is 2.12. The summed E-state index contributed by atoms with van der Waals surface area (Å²) in [5.74, 6) is 1.51. The fourth-order valence-corrected chi connectivity index (χ4v) is 2.74. The van der Waals surface area contributed by atoms with Crippen molar-refractivity contribution in [1.82, 2.24) is 19.9 Å². The molecule has 8 nitrogen and oxygen atoms in total.